The third-order valence-corrected chi connectivity index (χ3v) is 3.13. The molecule has 0 aliphatic heterocycles. The summed E-state index contributed by atoms with van der Waals surface area (Å²) < 4.78 is 43.3. The first-order valence-corrected chi connectivity index (χ1v) is 7.53. The average molecular weight is 344 g/mol. The summed E-state index contributed by atoms with van der Waals surface area (Å²) in [4.78, 5) is 11.6. The van der Waals surface area contributed by atoms with E-state index in [1.165, 1.54) is 24.3 Å². The standard InChI is InChI=1S/C20H15F3O2/c1-2-25-19(24)17-12-10-16(11-13-17)18(14-20(21,22)23)9-8-15-6-4-3-5-7-15/h3-7,10-14H,2H2,1H3/b18-14+. The number of benzene rings is 2. The minimum atomic E-state index is -4.50. The SMILES string of the molecule is CCOC(=O)c1ccc(/C(C#Cc2ccccc2)=C/C(F)(F)F)cc1. The summed E-state index contributed by atoms with van der Waals surface area (Å²) >= 11 is 0. The Balaban J connectivity index is 2.35. The van der Waals surface area contributed by atoms with Crippen LogP contribution < -0.4 is 0 Å². The lowest BCUT2D eigenvalue weighted by molar-refractivity contribution is -0.0792. The number of alkyl halides is 3. The molecule has 0 heterocycles. The van der Waals surface area contributed by atoms with Gasteiger partial charge in [0.25, 0.3) is 0 Å². The van der Waals surface area contributed by atoms with Gasteiger partial charge < -0.3 is 4.74 Å². The van der Waals surface area contributed by atoms with E-state index < -0.39 is 12.1 Å². The van der Waals surface area contributed by atoms with Gasteiger partial charge in [-0.3, -0.25) is 0 Å². The second-order valence-corrected chi connectivity index (χ2v) is 5.01. The highest BCUT2D eigenvalue weighted by atomic mass is 19.4. The molecule has 25 heavy (non-hydrogen) atoms. The quantitative estimate of drug-likeness (QED) is 0.587. The van der Waals surface area contributed by atoms with E-state index in [9.17, 15) is 18.0 Å². The maximum absolute atomic E-state index is 12.8. The number of ether oxygens (including phenoxy) is 1. The highest BCUT2D eigenvalue weighted by molar-refractivity contribution is 5.90. The maximum atomic E-state index is 12.8. The molecule has 0 saturated heterocycles. The van der Waals surface area contributed by atoms with Crippen molar-refractivity contribution in [3.8, 4) is 11.8 Å². The fourth-order valence-corrected chi connectivity index (χ4v) is 2.02. The van der Waals surface area contributed by atoms with Crippen molar-refractivity contribution in [3.05, 3.63) is 77.4 Å². The van der Waals surface area contributed by atoms with Gasteiger partial charge >= 0.3 is 12.1 Å². The molecule has 0 aliphatic rings. The molecule has 2 rings (SSSR count). The van der Waals surface area contributed by atoms with Gasteiger partial charge in [-0.25, -0.2) is 4.79 Å². The molecule has 5 heteroatoms. The van der Waals surface area contributed by atoms with Crippen LogP contribution in [0.5, 0.6) is 0 Å². The largest absolute Gasteiger partial charge is 0.462 e. The van der Waals surface area contributed by atoms with E-state index in [2.05, 4.69) is 11.8 Å². The molecule has 2 aromatic carbocycles. The molecule has 0 radical (unpaired) electrons. The van der Waals surface area contributed by atoms with Gasteiger partial charge in [0.15, 0.2) is 0 Å². The highest BCUT2D eigenvalue weighted by Gasteiger charge is 2.24. The Morgan fingerprint density at radius 2 is 1.64 bits per heavy atom. The molecule has 2 aromatic rings. The Morgan fingerprint density at radius 3 is 2.20 bits per heavy atom. The molecule has 0 saturated carbocycles. The topological polar surface area (TPSA) is 26.3 Å². The van der Waals surface area contributed by atoms with Gasteiger partial charge in [0, 0.05) is 17.2 Å². The second-order valence-electron chi connectivity index (χ2n) is 5.01. The summed E-state index contributed by atoms with van der Waals surface area (Å²) in [6, 6.07) is 14.4. The number of halogens is 3. The number of rotatable bonds is 3. The molecule has 0 spiro atoms. The van der Waals surface area contributed by atoms with Crippen molar-refractivity contribution in [3.63, 3.8) is 0 Å². The van der Waals surface area contributed by atoms with E-state index in [4.69, 9.17) is 4.74 Å². The molecule has 0 atom stereocenters. The van der Waals surface area contributed by atoms with Crippen molar-refractivity contribution in [2.75, 3.05) is 6.61 Å². The Morgan fingerprint density at radius 1 is 1.04 bits per heavy atom. The third kappa shape index (κ3) is 5.85. The summed E-state index contributed by atoms with van der Waals surface area (Å²) in [5, 5.41) is 0. The van der Waals surface area contributed by atoms with Crippen LogP contribution in [0.3, 0.4) is 0 Å². The second kappa shape index (κ2) is 8.20. The Labute approximate surface area is 143 Å². The molecule has 2 nitrogen and oxygen atoms in total. The van der Waals surface area contributed by atoms with Crippen LogP contribution in [0.1, 0.15) is 28.4 Å². The predicted octanol–water partition coefficient (Wildman–Crippen LogP) is 4.86. The van der Waals surface area contributed by atoms with Crippen LogP contribution in [0.15, 0.2) is 60.7 Å². The third-order valence-electron chi connectivity index (χ3n) is 3.13. The van der Waals surface area contributed by atoms with Gasteiger partial charge in [-0.15, -0.1) is 0 Å². The molecular weight excluding hydrogens is 329 g/mol. The van der Waals surface area contributed by atoms with Crippen LogP contribution in [0.2, 0.25) is 0 Å². The van der Waals surface area contributed by atoms with E-state index in [0.717, 1.165) is 0 Å². The first-order chi connectivity index (χ1) is 11.9. The molecular formula is C20H15F3O2. The summed E-state index contributed by atoms with van der Waals surface area (Å²) in [5.41, 5.74) is 0.979. The zero-order chi connectivity index (χ0) is 18.3. The van der Waals surface area contributed by atoms with Crippen molar-refractivity contribution >= 4 is 11.5 Å². The highest BCUT2D eigenvalue weighted by Crippen LogP contribution is 2.24. The van der Waals surface area contributed by atoms with Crippen LogP contribution in [0.25, 0.3) is 5.57 Å². The van der Waals surface area contributed by atoms with Gasteiger partial charge in [-0.05, 0) is 36.8 Å². The van der Waals surface area contributed by atoms with Crippen LogP contribution in [0.4, 0.5) is 13.2 Å². The van der Waals surface area contributed by atoms with Gasteiger partial charge in [-0.1, -0.05) is 42.2 Å². The van der Waals surface area contributed by atoms with E-state index in [1.54, 1.807) is 37.3 Å². The lowest BCUT2D eigenvalue weighted by Crippen LogP contribution is -2.05. The first-order valence-electron chi connectivity index (χ1n) is 7.53. The number of hydrogen-bond acceptors (Lipinski definition) is 2. The van der Waals surface area contributed by atoms with E-state index in [1.807, 2.05) is 0 Å². The predicted molar refractivity (Wildman–Crippen MR) is 89.8 cm³/mol. The van der Waals surface area contributed by atoms with Gasteiger partial charge in [-0.2, -0.15) is 13.2 Å². The lowest BCUT2D eigenvalue weighted by Gasteiger charge is -2.06. The summed E-state index contributed by atoms with van der Waals surface area (Å²) in [5.74, 6) is 4.75. The number of hydrogen-bond donors (Lipinski definition) is 0. The number of carbonyl (C=O) groups is 1. The molecule has 0 amide bonds. The molecule has 0 bridgehead atoms. The van der Waals surface area contributed by atoms with Gasteiger partial charge in [0.1, 0.15) is 0 Å². The van der Waals surface area contributed by atoms with Crippen LogP contribution >= 0.6 is 0 Å². The molecule has 0 N–H and O–H groups in total. The van der Waals surface area contributed by atoms with E-state index >= 15 is 0 Å². The Bertz CT molecular complexity index is 808. The fourth-order valence-electron chi connectivity index (χ4n) is 2.02. The molecule has 128 valence electrons. The zero-order valence-corrected chi connectivity index (χ0v) is 13.4. The monoisotopic (exact) mass is 344 g/mol. The summed E-state index contributed by atoms with van der Waals surface area (Å²) in [7, 11) is 0. The van der Waals surface area contributed by atoms with E-state index in [0.29, 0.717) is 5.56 Å². The number of allylic oxidation sites excluding steroid dienone is 2. The van der Waals surface area contributed by atoms with Crippen molar-refractivity contribution in [1.29, 1.82) is 0 Å². The normalized spacial score (nSPS) is 11.4. The maximum Gasteiger partial charge on any atom is 0.410 e. The van der Waals surface area contributed by atoms with Gasteiger partial charge in [0.2, 0.25) is 0 Å². The molecule has 0 unspecified atom stereocenters. The number of esters is 1. The van der Waals surface area contributed by atoms with Crippen molar-refractivity contribution in [2.45, 2.75) is 13.1 Å². The zero-order valence-electron chi connectivity index (χ0n) is 13.4. The minimum Gasteiger partial charge on any atom is -0.462 e. The van der Waals surface area contributed by atoms with E-state index in [-0.39, 0.29) is 29.4 Å². The molecule has 0 aliphatic carbocycles. The first kappa shape index (κ1) is 18.3. The Hall–Kier alpha value is -3.00. The van der Waals surface area contributed by atoms with Crippen molar-refractivity contribution in [2.24, 2.45) is 0 Å². The van der Waals surface area contributed by atoms with Crippen LogP contribution in [-0.2, 0) is 4.74 Å². The smallest absolute Gasteiger partial charge is 0.410 e. The van der Waals surface area contributed by atoms with Gasteiger partial charge in [0.05, 0.1) is 12.2 Å². The molecule has 0 fully saturated rings. The van der Waals surface area contributed by atoms with Crippen molar-refractivity contribution in [1.82, 2.24) is 0 Å². The minimum absolute atomic E-state index is 0.155. The average Bonchev–Trinajstić information content (AvgIpc) is 2.59. The summed E-state index contributed by atoms with van der Waals surface area (Å²) in [6.07, 6.45) is -4.34. The van der Waals surface area contributed by atoms with Crippen molar-refractivity contribution < 1.29 is 22.7 Å². The molecule has 0 aromatic heterocycles. The summed E-state index contributed by atoms with van der Waals surface area (Å²) in [6.45, 7) is 1.90. The Kier molecular flexibility index (Phi) is 6.02. The fraction of sp³-hybridized carbons (Fsp3) is 0.150. The van der Waals surface area contributed by atoms with Crippen LogP contribution in [-0.4, -0.2) is 18.8 Å². The lowest BCUT2D eigenvalue weighted by atomic mass is 10.0. The number of carbonyl (C=O) groups excluding carboxylic acids is 1. The van der Waals surface area contributed by atoms with Crippen LogP contribution in [0, 0.1) is 11.8 Å².